The monoisotopic (exact) mass is 263 g/mol. The first kappa shape index (κ1) is 13.1. The Morgan fingerprint density at radius 1 is 1.53 bits per heavy atom. The van der Waals surface area contributed by atoms with Crippen LogP contribution in [0.4, 0.5) is 5.69 Å². The smallest absolute Gasteiger partial charge is 0.270 e. The molecule has 0 saturated heterocycles. The summed E-state index contributed by atoms with van der Waals surface area (Å²) in [6.07, 6.45) is 0.757. The summed E-state index contributed by atoms with van der Waals surface area (Å²) in [6, 6.07) is 6.06. The van der Waals surface area contributed by atoms with Gasteiger partial charge in [-0.05, 0) is 0 Å². The van der Waals surface area contributed by atoms with E-state index in [9.17, 15) is 15.2 Å². The molecule has 1 aromatic heterocycles. The van der Waals surface area contributed by atoms with Crippen LogP contribution in [0.5, 0.6) is 0 Å². The first-order valence-corrected chi connectivity index (χ1v) is 5.62. The third-order valence-corrected chi connectivity index (χ3v) is 2.52. The van der Waals surface area contributed by atoms with Gasteiger partial charge in [0.05, 0.1) is 17.6 Å². The average Bonchev–Trinajstić information content (AvgIpc) is 2.87. The molecule has 2 rings (SSSR count). The van der Waals surface area contributed by atoms with Crippen molar-refractivity contribution in [3.63, 3.8) is 0 Å². The fourth-order valence-corrected chi connectivity index (χ4v) is 1.56. The lowest BCUT2D eigenvalue weighted by atomic mass is 10.2. The third-order valence-electron chi connectivity index (χ3n) is 2.52. The van der Waals surface area contributed by atoms with E-state index in [1.807, 2.05) is 0 Å². The number of nitrogens with zero attached hydrogens (tertiary/aromatic N) is 4. The second-order valence-electron chi connectivity index (χ2n) is 3.99. The molecule has 100 valence electrons. The van der Waals surface area contributed by atoms with E-state index in [1.165, 1.54) is 23.1 Å². The zero-order chi connectivity index (χ0) is 13.8. The summed E-state index contributed by atoms with van der Waals surface area (Å²) in [4.78, 5) is 14.3. The van der Waals surface area contributed by atoms with Crippen LogP contribution >= 0.6 is 0 Å². The second-order valence-corrected chi connectivity index (χ2v) is 3.99. The van der Waals surface area contributed by atoms with Crippen molar-refractivity contribution in [1.82, 2.24) is 14.8 Å². The zero-order valence-electron chi connectivity index (χ0n) is 10.0. The van der Waals surface area contributed by atoms with Gasteiger partial charge in [0.25, 0.3) is 5.69 Å². The van der Waals surface area contributed by atoms with Crippen molar-refractivity contribution in [2.24, 2.45) is 5.73 Å². The lowest BCUT2D eigenvalue weighted by Gasteiger charge is -2.05. The molecule has 0 bridgehead atoms. The van der Waals surface area contributed by atoms with Gasteiger partial charge >= 0.3 is 0 Å². The van der Waals surface area contributed by atoms with Crippen LogP contribution < -0.4 is 5.73 Å². The van der Waals surface area contributed by atoms with Crippen LogP contribution in [0.3, 0.4) is 0 Å². The summed E-state index contributed by atoms with van der Waals surface area (Å²) in [5.74, 6) is 0.368. The maximum atomic E-state index is 10.7. The van der Waals surface area contributed by atoms with Crippen LogP contribution in [0, 0.1) is 10.1 Å². The minimum atomic E-state index is -0.695. The lowest BCUT2D eigenvalue weighted by molar-refractivity contribution is -0.384. The molecule has 0 amide bonds. The number of aliphatic hydroxyl groups excluding tert-OH is 1. The Morgan fingerprint density at radius 3 is 3.00 bits per heavy atom. The van der Waals surface area contributed by atoms with Gasteiger partial charge < -0.3 is 10.8 Å². The second kappa shape index (κ2) is 5.55. The highest BCUT2D eigenvalue weighted by molar-refractivity contribution is 5.58. The van der Waals surface area contributed by atoms with Gasteiger partial charge in [0.2, 0.25) is 0 Å². The highest BCUT2D eigenvalue weighted by Crippen LogP contribution is 2.20. The Bertz CT molecular complexity index is 583. The fraction of sp³-hybridized carbons (Fsp3) is 0.273. The van der Waals surface area contributed by atoms with E-state index < -0.39 is 11.0 Å². The van der Waals surface area contributed by atoms with E-state index in [0.29, 0.717) is 11.4 Å². The minimum absolute atomic E-state index is 0.0177. The molecule has 1 atom stereocenters. The van der Waals surface area contributed by atoms with Gasteiger partial charge in [0, 0.05) is 24.2 Å². The number of rotatable bonds is 5. The molecule has 2 aromatic rings. The maximum Gasteiger partial charge on any atom is 0.270 e. The first-order chi connectivity index (χ1) is 9.10. The molecular formula is C11H13N5O3. The number of aromatic nitrogens is 3. The van der Waals surface area contributed by atoms with Crippen molar-refractivity contribution in [3.05, 3.63) is 40.7 Å². The Kier molecular flexibility index (Phi) is 3.83. The molecule has 1 heterocycles. The van der Waals surface area contributed by atoms with Gasteiger partial charge in [0.1, 0.15) is 6.33 Å². The maximum absolute atomic E-state index is 10.7. The molecule has 1 unspecified atom stereocenters. The van der Waals surface area contributed by atoms with Crippen LogP contribution in [0.2, 0.25) is 0 Å². The van der Waals surface area contributed by atoms with E-state index in [2.05, 4.69) is 10.1 Å². The van der Waals surface area contributed by atoms with Gasteiger partial charge in [0.15, 0.2) is 5.82 Å². The van der Waals surface area contributed by atoms with Crippen molar-refractivity contribution >= 4 is 5.69 Å². The molecule has 0 aliphatic carbocycles. The molecule has 19 heavy (non-hydrogen) atoms. The number of hydrogen-bond donors (Lipinski definition) is 2. The summed E-state index contributed by atoms with van der Waals surface area (Å²) >= 11 is 0. The molecule has 0 radical (unpaired) electrons. The standard InChI is InChI=1S/C11H13N5O3/c12-5-10(17)6-15-7-13-11(14-15)8-2-1-3-9(4-8)16(18)19/h1-4,7,10,17H,5-6,12H2. The van der Waals surface area contributed by atoms with E-state index in [-0.39, 0.29) is 18.8 Å². The van der Waals surface area contributed by atoms with Crippen molar-refractivity contribution in [3.8, 4) is 11.4 Å². The van der Waals surface area contributed by atoms with Crippen molar-refractivity contribution in [1.29, 1.82) is 0 Å². The lowest BCUT2D eigenvalue weighted by Crippen LogP contribution is -2.25. The van der Waals surface area contributed by atoms with Gasteiger partial charge in [-0.25, -0.2) is 9.67 Å². The van der Waals surface area contributed by atoms with Crippen molar-refractivity contribution in [2.45, 2.75) is 12.6 Å². The summed E-state index contributed by atoms with van der Waals surface area (Å²) in [6.45, 7) is 0.366. The number of aliphatic hydroxyl groups is 1. The summed E-state index contributed by atoms with van der Waals surface area (Å²) in [7, 11) is 0. The number of nitro groups is 1. The molecule has 8 heteroatoms. The Labute approximate surface area is 108 Å². The Hall–Kier alpha value is -2.32. The number of non-ortho nitro benzene ring substituents is 1. The fourth-order valence-electron chi connectivity index (χ4n) is 1.56. The largest absolute Gasteiger partial charge is 0.390 e. The van der Waals surface area contributed by atoms with E-state index >= 15 is 0 Å². The predicted molar refractivity (Wildman–Crippen MR) is 67.2 cm³/mol. The quantitative estimate of drug-likeness (QED) is 0.586. The van der Waals surface area contributed by atoms with Crippen LogP contribution in [0.25, 0.3) is 11.4 Å². The highest BCUT2D eigenvalue weighted by atomic mass is 16.6. The van der Waals surface area contributed by atoms with Gasteiger partial charge in [-0.3, -0.25) is 10.1 Å². The molecule has 0 aliphatic rings. The summed E-state index contributed by atoms with van der Waals surface area (Å²) in [5, 5.41) is 24.2. The van der Waals surface area contributed by atoms with E-state index in [1.54, 1.807) is 12.1 Å². The topological polar surface area (TPSA) is 120 Å². The van der Waals surface area contributed by atoms with Gasteiger partial charge in [-0.2, -0.15) is 5.10 Å². The van der Waals surface area contributed by atoms with Crippen LogP contribution in [0.15, 0.2) is 30.6 Å². The van der Waals surface area contributed by atoms with Crippen molar-refractivity contribution < 1.29 is 10.0 Å². The van der Waals surface area contributed by atoms with E-state index in [0.717, 1.165) is 0 Å². The third kappa shape index (κ3) is 3.12. The SMILES string of the molecule is NCC(O)Cn1cnc(-c2cccc([N+](=O)[O-])c2)n1. The molecule has 0 spiro atoms. The summed E-state index contributed by atoms with van der Waals surface area (Å²) < 4.78 is 1.45. The zero-order valence-corrected chi connectivity index (χ0v) is 10.0. The first-order valence-electron chi connectivity index (χ1n) is 5.62. The molecule has 0 aliphatic heterocycles. The average molecular weight is 263 g/mol. The van der Waals surface area contributed by atoms with Crippen LogP contribution in [-0.4, -0.2) is 37.4 Å². The van der Waals surface area contributed by atoms with E-state index in [4.69, 9.17) is 5.73 Å². The number of hydrogen-bond acceptors (Lipinski definition) is 6. The van der Waals surface area contributed by atoms with Crippen LogP contribution in [-0.2, 0) is 6.54 Å². The normalized spacial score (nSPS) is 12.3. The molecule has 3 N–H and O–H groups in total. The summed E-state index contributed by atoms with van der Waals surface area (Å²) in [5.41, 5.74) is 5.84. The predicted octanol–water partition coefficient (Wildman–Crippen LogP) is 0.173. The number of nitro benzene ring substituents is 1. The minimum Gasteiger partial charge on any atom is -0.390 e. The van der Waals surface area contributed by atoms with Crippen molar-refractivity contribution in [2.75, 3.05) is 6.54 Å². The number of nitrogens with two attached hydrogens (primary N) is 1. The molecule has 0 saturated carbocycles. The van der Waals surface area contributed by atoms with Gasteiger partial charge in [-0.15, -0.1) is 0 Å². The molecule has 1 aromatic carbocycles. The van der Waals surface area contributed by atoms with Gasteiger partial charge in [-0.1, -0.05) is 12.1 Å². The number of benzene rings is 1. The molecule has 0 fully saturated rings. The van der Waals surface area contributed by atoms with Crippen LogP contribution in [0.1, 0.15) is 0 Å². The molecular weight excluding hydrogens is 250 g/mol. The highest BCUT2D eigenvalue weighted by Gasteiger charge is 2.11. The Balaban J connectivity index is 2.22. The molecule has 8 nitrogen and oxygen atoms in total. The Morgan fingerprint density at radius 2 is 2.32 bits per heavy atom.